The monoisotopic (exact) mass is 331 g/mol. The van der Waals surface area contributed by atoms with Gasteiger partial charge in [-0.05, 0) is 38.0 Å². The molecule has 1 amide bonds. The molecule has 0 atom stereocenters. The number of nitrogens with one attached hydrogen (secondary N) is 1. The van der Waals surface area contributed by atoms with Crippen molar-refractivity contribution in [1.82, 2.24) is 15.1 Å². The van der Waals surface area contributed by atoms with Gasteiger partial charge >= 0.3 is 5.97 Å². The summed E-state index contributed by atoms with van der Waals surface area (Å²) < 4.78 is 6.91. The first kappa shape index (κ1) is 17.5. The molecule has 1 aromatic carbocycles. The summed E-state index contributed by atoms with van der Waals surface area (Å²) >= 11 is 0. The van der Waals surface area contributed by atoms with Crippen LogP contribution in [-0.4, -0.2) is 40.4 Å². The Hall–Kier alpha value is -2.83. The van der Waals surface area contributed by atoms with Crippen LogP contribution in [0, 0.1) is 13.8 Å². The molecular formula is C17H21N3O4. The van der Waals surface area contributed by atoms with Crippen LogP contribution in [0.3, 0.4) is 0 Å². The maximum absolute atomic E-state index is 12.3. The Morgan fingerprint density at radius 3 is 2.58 bits per heavy atom. The zero-order valence-corrected chi connectivity index (χ0v) is 14.2. The summed E-state index contributed by atoms with van der Waals surface area (Å²) in [6.07, 6.45) is 0.535. The van der Waals surface area contributed by atoms with Crippen molar-refractivity contribution in [3.8, 4) is 5.75 Å². The highest BCUT2D eigenvalue weighted by atomic mass is 16.5. The van der Waals surface area contributed by atoms with Gasteiger partial charge in [-0.1, -0.05) is 6.07 Å². The first-order valence-electron chi connectivity index (χ1n) is 7.53. The third-order valence-corrected chi connectivity index (χ3v) is 3.95. The Kier molecular flexibility index (Phi) is 5.23. The van der Waals surface area contributed by atoms with E-state index >= 15 is 0 Å². The summed E-state index contributed by atoms with van der Waals surface area (Å²) in [6, 6.07) is 4.71. The number of carboxylic acid groups (broad SMARTS) is 1. The average molecular weight is 331 g/mol. The lowest BCUT2D eigenvalue weighted by Gasteiger charge is -2.10. The molecule has 0 unspecified atom stereocenters. The van der Waals surface area contributed by atoms with Crippen LogP contribution in [0.2, 0.25) is 0 Å². The molecule has 1 aromatic heterocycles. The van der Waals surface area contributed by atoms with Gasteiger partial charge in [0.1, 0.15) is 5.75 Å². The smallest absolute Gasteiger partial charge is 0.335 e. The van der Waals surface area contributed by atoms with Crippen molar-refractivity contribution in [1.29, 1.82) is 0 Å². The number of methoxy groups -OCH3 is 1. The fourth-order valence-corrected chi connectivity index (χ4v) is 2.59. The lowest BCUT2D eigenvalue weighted by molar-refractivity contribution is 0.0696. The first-order valence-corrected chi connectivity index (χ1v) is 7.53. The number of aryl methyl sites for hydroxylation is 2. The lowest BCUT2D eigenvalue weighted by Crippen LogP contribution is -2.26. The number of ether oxygens (including phenoxy) is 1. The van der Waals surface area contributed by atoms with Crippen molar-refractivity contribution < 1.29 is 19.4 Å². The number of rotatable bonds is 6. The van der Waals surface area contributed by atoms with Crippen LogP contribution < -0.4 is 10.1 Å². The minimum absolute atomic E-state index is 0.167. The molecule has 0 spiro atoms. The summed E-state index contributed by atoms with van der Waals surface area (Å²) in [4.78, 5) is 23.3. The standard InChI is InChI=1S/C17H21N3O4/c1-10-15(11(2)20(3)19-10)16(21)18-8-7-12-5-6-13(17(22)23)9-14(12)24-4/h5-6,9H,7-8H2,1-4H3,(H,18,21)(H,22,23). The molecule has 0 aliphatic heterocycles. The molecule has 0 radical (unpaired) electrons. The fraction of sp³-hybridized carbons (Fsp3) is 0.353. The van der Waals surface area contributed by atoms with E-state index < -0.39 is 5.97 Å². The number of carbonyl (C=O) groups excluding carboxylic acids is 1. The van der Waals surface area contributed by atoms with E-state index in [0.29, 0.717) is 30.0 Å². The Bertz CT molecular complexity index is 780. The number of benzene rings is 1. The molecule has 128 valence electrons. The van der Waals surface area contributed by atoms with E-state index in [1.807, 2.05) is 6.92 Å². The van der Waals surface area contributed by atoms with Crippen LogP contribution in [0.5, 0.6) is 5.75 Å². The number of nitrogens with zero attached hydrogens (tertiary/aromatic N) is 2. The molecule has 0 saturated carbocycles. The number of hydrogen-bond donors (Lipinski definition) is 2. The summed E-state index contributed by atoms with van der Waals surface area (Å²) in [7, 11) is 3.29. The van der Waals surface area contributed by atoms with Crippen molar-refractivity contribution in [2.45, 2.75) is 20.3 Å². The van der Waals surface area contributed by atoms with E-state index in [9.17, 15) is 9.59 Å². The maximum atomic E-state index is 12.3. The van der Waals surface area contributed by atoms with Crippen LogP contribution in [0.1, 0.15) is 37.7 Å². The number of hydrogen-bond acceptors (Lipinski definition) is 4. The van der Waals surface area contributed by atoms with E-state index in [-0.39, 0.29) is 11.5 Å². The number of aromatic carboxylic acids is 1. The molecule has 2 aromatic rings. The molecule has 0 fully saturated rings. The molecule has 0 aliphatic carbocycles. The van der Waals surface area contributed by atoms with Crippen LogP contribution in [0.25, 0.3) is 0 Å². The molecule has 0 bridgehead atoms. The summed E-state index contributed by atoms with van der Waals surface area (Å²) in [6.45, 7) is 4.06. The van der Waals surface area contributed by atoms with Gasteiger partial charge in [-0.15, -0.1) is 0 Å². The molecule has 24 heavy (non-hydrogen) atoms. The summed E-state index contributed by atoms with van der Waals surface area (Å²) in [5.74, 6) is -0.673. The van der Waals surface area contributed by atoms with E-state index in [4.69, 9.17) is 9.84 Å². The van der Waals surface area contributed by atoms with Gasteiger partial charge in [-0.25, -0.2) is 4.79 Å². The topological polar surface area (TPSA) is 93.4 Å². The Morgan fingerprint density at radius 1 is 1.33 bits per heavy atom. The SMILES string of the molecule is COc1cc(C(=O)O)ccc1CCNC(=O)c1c(C)nn(C)c1C. The van der Waals surface area contributed by atoms with Gasteiger partial charge in [-0.3, -0.25) is 9.48 Å². The molecule has 2 rings (SSSR count). The Labute approximate surface area is 140 Å². The van der Waals surface area contributed by atoms with Gasteiger partial charge in [0.05, 0.1) is 23.9 Å². The number of carbonyl (C=O) groups is 2. The van der Waals surface area contributed by atoms with Gasteiger partial charge in [0.15, 0.2) is 0 Å². The molecule has 1 heterocycles. The Balaban J connectivity index is 2.04. The second-order valence-corrected chi connectivity index (χ2v) is 5.51. The van der Waals surface area contributed by atoms with Crippen molar-refractivity contribution in [3.05, 3.63) is 46.3 Å². The Morgan fingerprint density at radius 2 is 2.04 bits per heavy atom. The third kappa shape index (κ3) is 3.56. The zero-order chi connectivity index (χ0) is 17.9. The number of carboxylic acids is 1. The van der Waals surface area contributed by atoms with Crippen molar-refractivity contribution in [2.75, 3.05) is 13.7 Å². The molecular weight excluding hydrogens is 310 g/mol. The number of amides is 1. The molecule has 7 heteroatoms. The highest BCUT2D eigenvalue weighted by Gasteiger charge is 2.17. The van der Waals surface area contributed by atoms with Gasteiger partial charge in [0, 0.05) is 19.3 Å². The second kappa shape index (κ2) is 7.16. The maximum Gasteiger partial charge on any atom is 0.335 e. The molecule has 2 N–H and O–H groups in total. The van der Waals surface area contributed by atoms with Crippen LogP contribution in [0.4, 0.5) is 0 Å². The van der Waals surface area contributed by atoms with E-state index in [2.05, 4.69) is 10.4 Å². The third-order valence-electron chi connectivity index (χ3n) is 3.95. The normalized spacial score (nSPS) is 10.5. The summed E-state index contributed by atoms with van der Waals surface area (Å²) in [5.41, 5.74) is 3.10. The largest absolute Gasteiger partial charge is 0.496 e. The van der Waals surface area contributed by atoms with Crippen molar-refractivity contribution in [2.24, 2.45) is 7.05 Å². The molecule has 7 nitrogen and oxygen atoms in total. The van der Waals surface area contributed by atoms with Crippen molar-refractivity contribution in [3.63, 3.8) is 0 Å². The zero-order valence-electron chi connectivity index (χ0n) is 14.2. The minimum Gasteiger partial charge on any atom is -0.496 e. The van der Waals surface area contributed by atoms with Gasteiger partial charge in [-0.2, -0.15) is 5.10 Å². The average Bonchev–Trinajstić information content (AvgIpc) is 2.79. The first-order chi connectivity index (χ1) is 11.3. The van der Waals surface area contributed by atoms with Gasteiger partial charge in [0.2, 0.25) is 0 Å². The summed E-state index contributed by atoms with van der Waals surface area (Å²) in [5, 5.41) is 16.1. The quantitative estimate of drug-likeness (QED) is 0.840. The highest BCUT2D eigenvalue weighted by Crippen LogP contribution is 2.21. The van der Waals surface area contributed by atoms with Crippen LogP contribution in [0.15, 0.2) is 18.2 Å². The second-order valence-electron chi connectivity index (χ2n) is 5.51. The predicted molar refractivity (Wildman–Crippen MR) is 88.7 cm³/mol. The van der Waals surface area contributed by atoms with E-state index in [0.717, 1.165) is 11.3 Å². The van der Waals surface area contributed by atoms with Crippen molar-refractivity contribution >= 4 is 11.9 Å². The van der Waals surface area contributed by atoms with Gasteiger partial charge in [0.25, 0.3) is 5.91 Å². The fourth-order valence-electron chi connectivity index (χ4n) is 2.59. The highest BCUT2D eigenvalue weighted by molar-refractivity contribution is 5.96. The van der Waals surface area contributed by atoms with Crippen LogP contribution >= 0.6 is 0 Å². The lowest BCUT2D eigenvalue weighted by atomic mass is 10.1. The van der Waals surface area contributed by atoms with Gasteiger partial charge < -0.3 is 15.2 Å². The minimum atomic E-state index is -1.00. The predicted octanol–water partition coefficient (Wildman–Crippen LogP) is 1.72. The van der Waals surface area contributed by atoms with E-state index in [1.54, 1.807) is 24.7 Å². The molecule has 0 aliphatic rings. The van der Waals surface area contributed by atoms with Crippen LogP contribution in [-0.2, 0) is 13.5 Å². The number of aromatic nitrogens is 2. The molecule has 0 saturated heterocycles. The van der Waals surface area contributed by atoms with E-state index in [1.165, 1.54) is 19.2 Å².